The number of likely N-dealkylation sites (tertiary alicyclic amines) is 1. The topological polar surface area (TPSA) is 44.4 Å². The first-order valence-corrected chi connectivity index (χ1v) is 8.91. The standard InChI is InChI=1S/C19H31N3O/c1-15-8-4-5-12-22(15)13-7-11-20-16(2)18-9-6-10-19(14-18)21-17(3)23/h6,9-10,14-16,20H,4-5,7-8,11-13H2,1-3H3,(H,21,23). The number of carbonyl (C=O) groups excluding carboxylic acids is 1. The minimum Gasteiger partial charge on any atom is -0.326 e. The molecule has 2 unspecified atom stereocenters. The van der Waals surface area contributed by atoms with Crippen LogP contribution in [-0.4, -0.2) is 36.5 Å². The normalized spacial score (nSPS) is 20.2. The maximum absolute atomic E-state index is 11.2. The SMILES string of the molecule is CC(=O)Nc1cccc(C(C)NCCCN2CCCCC2C)c1. The highest BCUT2D eigenvalue weighted by Crippen LogP contribution is 2.18. The number of nitrogens with one attached hydrogen (secondary N) is 2. The second-order valence-corrected chi connectivity index (χ2v) is 6.72. The molecule has 0 radical (unpaired) electrons. The summed E-state index contributed by atoms with van der Waals surface area (Å²) >= 11 is 0. The quantitative estimate of drug-likeness (QED) is 0.756. The molecule has 1 aliphatic rings. The summed E-state index contributed by atoms with van der Waals surface area (Å²) in [5.74, 6) is -0.0292. The molecule has 1 aliphatic heterocycles. The fourth-order valence-corrected chi connectivity index (χ4v) is 3.30. The van der Waals surface area contributed by atoms with Gasteiger partial charge in [0, 0.05) is 24.7 Å². The molecule has 4 nitrogen and oxygen atoms in total. The number of hydrogen-bond donors (Lipinski definition) is 2. The lowest BCUT2D eigenvalue weighted by atomic mass is 10.0. The monoisotopic (exact) mass is 317 g/mol. The third-order valence-corrected chi connectivity index (χ3v) is 4.72. The van der Waals surface area contributed by atoms with E-state index < -0.39 is 0 Å². The third-order valence-electron chi connectivity index (χ3n) is 4.72. The molecule has 4 heteroatoms. The fourth-order valence-electron chi connectivity index (χ4n) is 3.30. The summed E-state index contributed by atoms with van der Waals surface area (Å²) in [4.78, 5) is 13.8. The first kappa shape index (κ1) is 18.0. The van der Waals surface area contributed by atoms with Gasteiger partial charge >= 0.3 is 0 Å². The maximum atomic E-state index is 11.2. The van der Waals surface area contributed by atoms with Crippen molar-refractivity contribution in [3.8, 4) is 0 Å². The minimum atomic E-state index is -0.0292. The second kappa shape index (κ2) is 9.04. The van der Waals surface area contributed by atoms with Crippen molar-refractivity contribution in [2.75, 3.05) is 25.0 Å². The van der Waals surface area contributed by atoms with Gasteiger partial charge < -0.3 is 15.5 Å². The van der Waals surface area contributed by atoms with Crippen LogP contribution in [0.15, 0.2) is 24.3 Å². The van der Waals surface area contributed by atoms with Gasteiger partial charge in [0.25, 0.3) is 0 Å². The number of hydrogen-bond acceptors (Lipinski definition) is 3. The van der Waals surface area contributed by atoms with E-state index in [-0.39, 0.29) is 5.91 Å². The van der Waals surface area contributed by atoms with Crippen LogP contribution in [0.5, 0.6) is 0 Å². The zero-order valence-electron chi connectivity index (χ0n) is 14.8. The van der Waals surface area contributed by atoms with Gasteiger partial charge in [-0.1, -0.05) is 18.6 Å². The van der Waals surface area contributed by atoms with Crippen LogP contribution in [0, 0.1) is 0 Å². The summed E-state index contributed by atoms with van der Waals surface area (Å²) in [6.07, 6.45) is 5.27. The van der Waals surface area contributed by atoms with E-state index in [1.165, 1.54) is 51.3 Å². The average molecular weight is 317 g/mol. The van der Waals surface area contributed by atoms with Crippen molar-refractivity contribution in [2.45, 2.75) is 58.5 Å². The molecule has 2 rings (SSSR count). The second-order valence-electron chi connectivity index (χ2n) is 6.72. The first-order chi connectivity index (χ1) is 11.1. The Morgan fingerprint density at radius 1 is 1.39 bits per heavy atom. The molecule has 1 saturated heterocycles. The summed E-state index contributed by atoms with van der Waals surface area (Å²) < 4.78 is 0. The molecule has 0 spiro atoms. The van der Waals surface area contributed by atoms with Crippen LogP contribution in [-0.2, 0) is 4.79 Å². The lowest BCUT2D eigenvalue weighted by Gasteiger charge is -2.33. The van der Waals surface area contributed by atoms with E-state index in [0.29, 0.717) is 6.04 Å². The zero-order valence-corrected chi connectivity index (χ0v) is 14.8. The Hall–Kier alpha value is -1.39. The number of anilines is 1. The van der Waals surface area contributed by atoms with E-state index in [1.54, 1.807) is 0 Å². The lowest BCUT2D eigenvalue weighted by Crippen LogP contribution is -2.39. The predicted molar refractivity (Wildman–Crippen MR) is 96.7 cm³/mol. The highest BCUT2D eigenvalue weighted by atomic mass is 16.1. The van der Waals surface area contributed by atoms with Gasteiger partial charge in [-0.3, -0.25) is 4.79 Å². The first-order valence-electron chi connectivity index (χ1n) is 8.91. The Kier molecular flexibility index (Phi) is 7.06. The van der Waals surface area contributed by atoms with Crippen molar-refractivity contribution in [3.05, 3.63) is 29.8 Å². The predicted octanol–water partition coefficient (Wildman–Crippen LogP) is 3.56. The molecule has 0 saturated carbocycles. The smallest absolute Gasteiger partial charge is 0.221 e. The molecule has 2 atom stereocenters. The Balaban J connectivity index is 1.74. The number of nitrogens with zero attached hydrogens (tertiary/aromatic N) is 1. The van der Waals surface area contributed by atoms with Gasteiger partial charge in [0.05, 0.1) is 0 Å². The van der Waals surface area contributed by atoms with E-state index in [9.17, 15) is 4.79 Å². The molecule has 2 N–H and O–H groups in total. The third kappa shape index (κ3) is 5.96. The molecule has 0 aliphatic carbocycles. The van der Waals surface area contributed by atoms with E-state index in [1.807, 2.05) is 18.2 Å². The van der Waals surface area contributed by atoms with Crippen LogP contribution < -0.4 is 10.6 Å². The largest absolute Gasteiger partial charge is 0.326 e. The Bertz CT molecular complexity index is 503. The van der Waals surface area contributed by atoms with Gasteiger partial charge in [-0.2, -0.15) is 0 Å². The van der Waals surface area contributed by atoms with Crippen molar-refractivity contribution in [2.24, 2.45) is 0 Å². The average Bonchev–Trinajstić information content (AvgIpc) is 2.52. The zero-order chi connectivity index (χ0) is 16.7. The Morgan fingerprint density at radius 2 is 2.22 bits per heavy atom. The van der Waals surface area contributed by atoms with Gasteiger partial charge in [-0.05, 0) is 70.4 Å². The van der Waals surface area contributed by atoms with Gasteiger partial charge in [-0.15, -0.1) is 0 Å². The van der Waals surface area contributed by atoms with Crippen molar-refractivity contribution in [1.29, 1.82) is 0 Å². The molecule has 1 heterocycles. The molecule has 0 bridgehead atoms. The number of benzene rings is 1. The van der Waals surface area contributed by atoms with E-state index in [2.05, 4.69) is 35.4 Å². The highest BCUT2D eigenvalue weighted by molar-refractivity contribution is 5.88. The number of piperidine rings is 1. The van der Waals surface area contributed by atoms with Gasteiger partial charge in [-0.25, -0.2) is 0 Å². The minimum absolute atomic E-state index is 0.0292. The van der Waals surface area contributed by atoms with Crippen LogP contribution in [0.25, 0.3) is 0 Å². The van der Waals surface area contributed by atoms with Crippen molar-refractivity contribution in [3.63, 3.8) is 0 Å². The number of carbonyl (C=O) groups is 1. The van der Waals surface area contributed by atoms with Crippen LogP contribution >= 0.6 is 0 Å². The summed E-state index contributed by atoms with van der Waals surface area (Å²) in [5.41, 5.74) is 2.08. The van der Waals surface area contributed by atoms with Crippen LogP contribution in [0.4, 0.5) is 5.69 Å². The lowest BCUT2D eigenvalue weighted by molar-refractivity contribution is -0.114. The maximum Gasteiger partial charge on any atom is 0.221 e. The van der Waals surface area contributed by atoms with Crippen molar-refractivity contribution >= 4 is 11.6 Å². The van der Waals surface area contributed by atoms with Crippen LogP contribution in [0.3, 0.4) is 0 Å². The summed E-state index contributed by atoms with van der Waals surface area (Å²) in [6, 6.07) is 9.11. The summed E-state index contributed by atoms with van der Waals surface area (Å²) in [6.45, 7) is 9.53. The van der Waals surface area contributed by atoms with E-state index >= 15 is 0 Å². The molecule has 1 aromatic rings. The molecule has 1 amide bonds. The molecule has 128 valence electrons. The molecule has 1 fully saturated rings. The summed E-state index contributed by atoms with van der Waals surface area (Å²) in [7, 11) is 0. The molecule has 1 aromatic carbocycles. The van der Waals surface area contributed by atoms with Gasteiger partial charge in [0.1, 0.15) is 0 Å². The molecular weight excluding hydrogens is 286 g/mol. The van der Waals surface area contributed by atoms with Crippen molar-refractivity contribution in [1.82, 2.24) is 10.2 Å². The Morgan fingerprint density at radius 3 is 2.96 bits per heavy atom. The fraction of sp³-hybridized carbons (Fsp3) is 0.632. The van der Waals surface area contributed by atoms with Gasteiger partial charge in [0.2, 0.25) is 5.91 Å². The van der Waals surface area contributed by atoms with E-state index in [4.69, 9.17) is 0 Å². The molecule has 0 aromatic heterocycles. The van der Waals surface area contributed by atoms with Crippen LogP contribution in [0.1, 0.15) is 58.1 Å². The number of amides is 1. The van der Waals surface area contributed by atoms with Gasteiger partial charge in [0.15, 0.2) is 0 Å². The number of rotatable bonds is 7. The molecular formula is C19H31N3O. The highest BCUT2D eigenvalue weighted by Gasteiger charge is 2.17. The van der Waals surface area contributed by atoms with E-state index in [0.717, 1.165) is 18.3 Å². The van der Waals surface area contributed by atoms with Crippen LogP contribution in [0.2, 0.25) is 0 Å². The van der Waals surface area contributed by atoms with Crippen molar-refractivity contribution < 1.29 is 4.79 Å². The molecule has 23 heavy (non-hydrogen) atoms. The summed E-state index contributed by atoms with van der Waals surface area (Å²) in [5, 5.41) is 6.44. The Labute approximate surface area is 140 Å².